The van der Waals surface area contributed by atoms with Gasteiger partial charge in [-0.15, -0.1) is 22.7 Å². The van der Waals surface area contributed by atoms with E-state index in [9.17, 15) is 10.2 Å². The van der Waals surface area contributed by atoms with Crippen molar-refractivity contribution >= 4 is 54.7 Å². The fourth-order valence-corrected chi connectivity index (χ4v) is 9.75. The summed E-state index contributed by atoms with van der Waals surface area (Å²) in [6.45, 7) is 17.7. The Labute approximate surface area is 397 Å². The highest BCUT2D eigenvalue weighted by Crippen LogP contribution is 2.27. The summed E-state index contributed by atoms with van der Waals surface area (Å²) in [4.78, 5) is 18.7. The van der Waals surface area contributed by atoms with Crippen LogP contribution in [-0.2, 0) is 0 Å². The Morgan fingerprint density at radius 2 is 0.938 bits per heavy atom. The molecule has 2 aliphatic heterocycles. The largest absolute Gasteiger partial charge is 0.494 e. The van der Waals surface area contributed by atoms with Crippen LogP contribution in [0.3, 0.4) is 0 Å². The molecule has 2 atom stereocenters. The minimum absolute atomic E-state index is 0.294. The van der Waals surface area contributed by atoms with E-state index in [1.807, 2.05) is 105 Å². The van der Waals surface area contributed by atoms with E-state index in [0.717, 1.165) is 163 Å². The topological polar surface area (TPSA) is 116 Å². The van der Waals surface area contributed by atoms with Crippen LogP contribution < -0.4 is 18.9 Å². The van der Waals surface area contributed by atoms with Crippen LogP contribution in [0.4, 0.5) is 0 Å². The second-order valence-electron chi connectivity index (χ2n) is 16.8. The monoisotopic (exact) mass is 944 g/mol. The minimum atomic E-state index is -0.505. The lowest BCUT2D eigenvalue weighted by molar-refractivity contribution is 0.0456. The minimum Gasteiger partial charge on any atom is -0.494 e. The maximum atomic E-state index is 10.4. The quantitative estimate of drug-likeness (QED) is 0.0639. The van der Waals surface area contributed by atoms with Crippen LogP contribution in [0.1, 0.15) is 35.7 Å². The van der Waals surface area contributed by atoms with Gasteiger partial charge in [0.15, 0.2) is 0 Å². The predicted octanol–water partition coefficient (Wildman–Crippen LogP) is 8.30. The van der Waals surface area contributed by atoms with Crippen molar-refractivity contribution in [3.05, 3.63) is 106 Å². The zero-order valence-corrected chi connectivity index (χ0v) is 40.3. The Bertz CT molecular complexity index is 2290. The van der Waals surface area contributed by atoms with Crippen LogP contribution >= 0.6 is 34.3 Å². The molecule has 2 fully saturated rings. The Morgan fingerprint density at radius 3 is 1.40 bits per heavy atom. The number of aryl methyl sites for hydroxylation is 2. The third-order valence-electron chi connectivity index (χ3n) is 11.5. The highest BCUT2D eigenvalue weighted by molar-refractivity contribution is 7.18. The van der Waals surface area contributed by atoms with Gasteiger partial charge >= 0.3 is 0 Å². The smallest absolute Gasteiger partial charge is 0.121 e. The van der Waals surface area contributed by atoms with Crippen LogP contribution in [0.5, 0.6) is 23.0 Å². The number of ether oxygens (including phenoxy) is 4. The first kappa shape index (κ1) is 48.8. The predicted molar refractivity (Wildman–Crippen MR) is 265 cm³/mol. The number of aromatic nitrogens is 2. The Morgan fingerprint density at radius 1 is 0.523 bits per heavy atom. The summed E-state index contributed by atoms with van der Waals surface area (Å²) in [7, 11) is 0. The number of halogens is 1. The molecule has 2 saturated heterocycles. The molecule has 2 aromatic heterocycles. The van der Waals surface area contributed by atoms with Gasteiger partial charge in [0.1, 0.15) is 48.4 Å². The van der Waals surface area contributed by atoms with Crippen molar-refractivity contribution in [2.75, 3.05) is 105 Å². The molecule has 6 aromatic rings. The molecule has 0 aliphatic carbocycles. The van der Waals surface area contributed by atoms with Crippen LogP contribution in [0.25, 0.3) is 20.4 Å². The number of rotatable bonds is 22. The highest BCUT2D eigenvalue weighted by atomic mass is 35.5. The average molecular weight is 946 g/mol. The van der Waals surface area contributed by atoms with Gasteiger partial charge in [0.05, 0.1) is 43.7 Å². The van der Waals surface area contributed by atoms with Gasteiger partial charge in [0.2, 0.25) is 0 Å². The fourth-order valence-electron chi connectivity index (χ4n) is 8.00. The standard InChI is InChI=1S/C25H32ClN3O3S.C25H33N3O3S/c1-19-27-24-16-23(8-9-25(24)33-19)32-18-21(30)17-29-13-11-28(12-14-29)10-2-3-15-31-22-6-4-20(26)5-7-22;1-20-26-24-17-23(9-10-25(24)32-20)31-19-21(29)18-28-14-12-27(13-15-28)11-5-6-16-30-22-7-3-2-4-8-22/h4-9,16,21,30H,2-3,10-15,17-18H2,1H3;2-4,7-10,17,21,29H,5-6,11-16,18-19H2,1H3/t2*21-/m11/s1. The molecule has 0 unspecified atom stereocenters. The number of hydrogen-bond acceptors (Lipinski definition) is 14. The van der Waals surface area contributed by atoms with Crippen LogP contribution in [0, 0.1) is 13.8 Å². The molecule has 4 aromatic carbocycles. The number of aliphatic hydroxyl groups is 2. The van der Waals surface area contributed by atoms with Crippen LogP contribution in [0.15, 0.2) is 91.0 Å². The number of benzene rings is 4. The van der Waals surface area contributed by atoms with Crippen molar-refractivity contribution in [3.8, 4) is 23.0 Å². The molecule has 0 amide bonds. The molecule has 4 heterocycles. The molecule has 15 heteroatoms. The Balaban J connectivity index is 0.000000194. The van der Waals surface area contributed by atoms with Gasteiger partial charge in [0, 0.05) is 82.6 Å². The van der Waals surface area contributed by atoms with Gasteiger partial charge in [-0.3, -0.25) is 9.80 Å². The SMILES string of the molecule is Cc1nc2cc(OC[C@H](O)CN3CCN(CCCCOc4ccc(Cl)cc4)CC3)ccc2s1.Cc1nc2cc(OC[C@H](O)CN3CCN(CCCCOc4ccccc4)CC3)ccc2s1. The van der Waals surface area contributed by atoms with Gasteiger partial charge in [-0.05, 0) is 113 Å². The van der Waals surface area contributed by atoms with E-state index in [2.05, 4.69) is 29.6 Å². The molecule has 2 aliphatic rings. The van der Waals surface area contributed by atoms with E-state index >= 15 is 0 Å². The highest BCUT2D eigenvalue weighted by Gasteiger charge is 2.21. The second-order valence-corrected chi connectivity index (χ2v) is 19.7. The molecule has 8 rings (SSSR count). The third-order valence-corrected chi connectivity index (χ3v) is 13.7. The molecule has 0 bridgehead atoms. The third kappa shape index (κ3) is 16.6. The molecule has 2 N–H and O–H groups in total. The number of hydrogen-bond donors (Lipinski definition) is 2. The second kappa shape index (κ2) is 25.7. The van der Waals surface area contributed by atoms with Gasteiger partial charge in [0.25, 0.3) is 0 Å². The van der Waals surface area contributed by atoms with Crippen molar-refractivity contribution in [1.82, 2.24) is 29.6 Å². The summed E-state index contributed by atoms with van der Waals surface area (Å²) in [5.74, 6) is 3.34. The van der Waals surface area contributed by atoms with Crippen molar-refractivity contribution in [3.63, 3.8) is 0 Å². The first-order chi connectivity index (χ1) is 31.7. The first-order valence-electron chi connectivity index (χ1n) is 23.0. The van der Waals surface area contributed by atoms with Gasteiger partial charge in [-0.1, -0.05) is 29.8 Å². The molecule has 0 radical (unpaired) electrons. The van der Waals surface area contributed by atoms with E-state index in [0.29, 0.717) is 26.3 Å². The summed E-state index contributed by atoms with van der Waals surface area (Å²) in [5, 5.41) is 23.7. The molecule has 350 valence electrons. The number of para-hydroxylation sites is 1. The van der Waals surface area contributed by atoms with Gasteiger partial charge in [-0.2, -0.15) is 0 Å². The van der Waals surface area contributed by atoms with E-state index in [1.165, 1.54) is 0 Å². The van der Waals surface area contributed by atoms with Crippen molar-refractivity contribution < 1.29 is 29.2 Å². The lowest BCUT2D eigenvalue weighted by Gasteiger charge is -2.35. The number of fused-ring (bicyclic) bond motifs is 2. The van der Waals surface area contributed by atoms with Crippen molar-refractivity contribution in [2.45, 2.75) is 51.7 Å². The van der Waals surface area contributed by atoms with Gasteiger partial charge < -0.3 is 39.0 Å². The summed E-state index contributed by atoms with van der Waals surface area (Å²) in [6, 6.07) is 29.4. The summed E-state index contributed by atoms with van der Waals surface area (Å²) in [6.07, 6.45) is 3.36. The van der Waals surface area contributed by atoms with Crippen LogP contribution in [-0.4, -0.2) is 157 Å². The number of piperazine rings is 2. The lowest BCUT2D eigenvalue weighted by Crippen LogP contribution is -2.49. The summed E-state index contributed by atoms with van der Waals surface area (Å²) < 4.78 is 25.5. The van der Waals surface area contributed by atoms with Gasteiger partial charge in [-0.25, -0.2) is 9.97 Å². The zero-order chi connectivity index (χ0) is 45.2. The maximum Gasteiger partial charge on any atom is 0.121 e. The molecular formula is C50H65ClN6O6S2. The van der Waals surface area contributed by atoms with Crippen molar-refractivity contribution in [2.24, 2.45) is 0 Å². The number of unbranched alkanes of at least 4 members (excludes halogenated alkanes) is 2. The average Bonchev–Trinajstić information content (AvgIpc) is 3.89. The number of thiazole rings is 2. The normalized spacial score (nSPS) is 16.3. The number of nitrogens with zero attached hydrogens (tertiary/aromatic N) is 6. The van der Waals surface area contributed by atoms with E-state index in [1.54, 1.807) is 22.7 Å². The van der Waals surface area contributed by atoms with Crippen molar-refractivity contribution in [1.29, 1.82) is 0 Å². The number of aliphatic hydroxyl groups excluding tert-OH is 2. The molecular weight excluding hydrogens is 880 g/mol. The Kier molecular flexibility index (Phi) is 19.3. The molecule has 12 nitrogen and oxygen atoms in total. The zero-order valence-electron chi connectivity index (χ0n) is 37.9. The van der Waals surface area contributed by atoms with E-state index in [-0.39, 0.29) is 0 Å². The summed E-state index contributed by atoms with van der Waals surface area (Å²) >= 11 is 9.25. The van der Waals surface area contributed by atoms with Crippen LogP contribution in [0.2, 0.25) is 5.02 Å². The van der Waals surface area contributed by atoms with E-state index < -0.39 is 12.2 Å². The summed E-state index contributed by atoms with van der Waals surface area (Å²) in [5.41, 5.74) is 1.92. The Hall–Kier alpha value is -4.09. The first-order valence-corrected chi connectivity index (χ1v) is 25.0. The maximum absolute atomic E-state index is 10.4. The molecule has 65 heavy (non-hydrogen) atoms. The molecule has 0 spiro atoms. The lowest BCUT2D eigenvalue weighted by atomic mass is 10.2. The molecule has 0 saturated carbocycles. The fraction of sp³-hybridized carbons (Fsp3) is 0.480. The number of β-amino-alcohol motifs (C(OH)–C–C–N with tert-alkyl or cyclic N) is 2. The van der Waals surface area contributed by atoms with E-state index in [4.69, 9.17) is 30.5 Å².